The van der Waals surface area contributed by atoms with E-state index in [9.17, 15) is 4.79 Å². The second-order valence-corrected chi connectivity index (χ2v) is 4.36. The van der Waals surface area contributed by atoms with Gasteiger partial charge in [-0.1, -0.05) is 0 Å². The third-order valence-corrected chi connectivity index (χ3v) is 2.89. The van der Waals surface area contributed by atoms with Crippen LogP contribution in [-0.4, -0.2) is 42.9 Å². The molecule has 0 amide bonds. The molecule has 20 heavy (non-hydrogen) atoms. The molecule has 9 heteroatoms. The van der Waals surface area contributed by atoms with Gasteiger partial charge in [0.1, 0.15) is 0 Å². The number of aryl methyl sites for hydroxylation is 1. The van der Waals surface area contributed by atoms with Crippen LogP contribution in [0.2, 0.25) is 5.28 Å². The topological polar surface area (TPSA) is 103 Å². The Labute approximate surface area is 119 Å². The maximum atomic E-state index is 10.9. The average molecular weight is 298 g/mol. The van der Waals surface area contributed by atoms with Gasteiger partial charge in [0.05, 0.1) is 19.2 Å². The molecule has 0 spiro atoms. The molecule has 1 N–H and O–H groups in total. The highest BCUT2D eigenvalue weighted by Crippen LogP contribution is 2.18. The molecule has 0 atom stereocenters. The van der Waals surface area contributed by atoms with Gasteiger partial charge in [0.2, 0.25) is 5.28 Å². The first-order valence-electron chi connectivity index (χ1n) is 5.65. The summed E-state index contributed by atoms with van der Waals surface area (Å²) in [6.07, 6.45) is -0.117. The monoisotopic (exact) mass is 297 g/mol. The highest BCUT2D eigenvalue weighted by Gasteiger charge is 2.18. The molecule has 0 radical (unpaired) electrons. The smallest absolute Gasteiger partial charge is 0.322 e. The SMILES string of the molecule is COc1nc(Cl)nc(-n2nc(C)c(CC(=O)O)c2C)n1. The maximum absolute atomic E-state index is 10.9. The van der Waals surface area contributed by atoms with E-state index in [0.717, 1.165) is 0 Å². The van der Waals surface area contributed by atoms with Gasteiger partial charge in [-0.3, -0.25) is 4.79 Å². The van der Waals surface area contributed by atoms with Gasteiger partial charge < -0.3 is 9.84 Å². The quantitative estimate of drug-likeness (QED) is 0.896. The van der Waals surface area contributed by atoms with E-state index in [-0.39, 0.29) is 23.7 Å². The molecule has 0 saturated heterocycles. The molecule has 8 nitrogen and oxygen atoms in total. The zero-order valence-electron chi connectivity index (χ0n) is 11.1. The van der Waals surface area contributed by atoms with E-state index in [1.807, 2.05) is 0 Å². The van der Waals surface area contributed by atoms with Crippen molar-refractivity contribution in [1.82, 2.24) is 24.7 Å². The molecule has 0 unspecified atom stereocenters. The third kappa shape index (κ3) is 2.69. The Morgan fingerprint density at radius 2 is 2.05 bits per heavy atom. The number of carbonyl (C=O) groups is 1. The molecule has 2 heterocycles. The highest BCUT2D eigenvalue weighted by atomic mass is 35.5. The van der Waals surface area contributed by atoms with Gasteiger partial charge in [-0.2, -0.15) is 20.1 Å². The number of aliphatic carboxylic acids is 1. The van der Waals surface area contributed by atoms with Crippen LogP contribution < -0.4 is 4.74 Å². The summed E-state index contributed by atoms with van der Waals surface area (Å²) in [5.74, 6) is -0.749. The fraction of sp³-hybridized carbons (Fsp3) is 0.364. The largest absolute Gasteiger partial charge is 0.481 e. The summed E-state index contributed by atoms with van der Waals surface area (Å²) in [5, 5.41) is 13.1. The normalized spacial score (nSPS) is 10.6. The summed E-state index contributed by atoms with van der Waals surface area (Å²) >= 11 is 5.78. The number of rotatable bonds is 4. The predicted octanol–water partition coefficient (Wildman–Crippen LogP) is 0.963. The van der Waals surface area contributed by atoms with Crippen LogP contribution in [-0.2, 0) is 11.2 Å². The molecular weight excluding hydrogens is 286 g/mol. The third-order valence-electron chi connectivity index (χ3n) is 2.72. The summed E-state index contributed by atoms with van der Waals surface area (Å²) in [6.45, 7) is 3.46. The highest BCUT2D eigenvalue weighted by molar-refractivity contribution is 6.28. The lowest BCUT2D eigenvalue weighted by Gasteiger charge is -2.04. The van der Waals surface area contributed by atoms with Crippen molar-refractivity contribution in [1.29, 1.82) is 0 Å². The van der Waals surface area contributed by atoms with E-state index in [1.165, 1.54) is 11.8 Å². The van der Waals surface area contributed by atoms with Crippen LogP contribution in [0.25, 0.3) is 5.95 Å². The molecule has 0 saturated carbocycles. The number of ether oxygens (including phenoxy) is 1. The predicted molar refractivity (Wildman–Crippen MR) is 69.3 cm³/mol. The summed E-state index contributed by atoms with van der Waals surface area (Å²) < 4.78 is 6.34. The van der Waals surface area contributed by atoms with Crippen molar-refractivity contribution in [3.63, 3.8) is 0 Å². The zero-order valence-corrected chi connectivity index (χ0v) is 11.8. The van der Waals surface area contributed by atoms with Crippen molar-refractivity contribution in [2.24, 2.45) is 0 Å². The second-order valence-electron chi connectivity index (χ2n) is 4.02. The Bertz CT molecular complexity index is 670. The molecule has 0 aliphatic heterocycles. The minimum absolute atomic E-state index is 0.0285. The molecule has 2 aromatic rings. The Morgan fingerprint density at radius 3 is 2.65 bits per heavy atom. The van der Waals surface area contributed by atoms with E-state index < -0.39 is 5.97 Å². The first-order chi connectivity index (χ1) is 9.42. The molecule has 0 bridgehead atoms. The molecule has 2 aromatic heterocycles. The molecule has 0 aliphatic rings. The van der Waals surface area contributed by atoms with E-state index in [4.69, 9.17) is 21.4 Å². The van der Waals surface area contributed by atoms with Crippen molar-refractivity contribution < 1.29 is 14.6 Å². The molecule has 2 rings (SSSR count). The Balaban J connectivity index is 2.53. The number of methoxy groups -OCH3 is 1. The van der Waals surface area contributed by atoms with Crippen molar-refractivity contribution in [3.8, 4) is 12.0 Å². The van der Waals surface area contributed by atoms with Crippen LogP contribution in [0.4, 0.5) is 0 Å². The van der Waals surface area contributed by atoms with E-state index in [0.29, 0.717) is 17.0 Å². The minimum Gasteiger partial charge on any atom is -0.481 e. The van der Waals surface area contributed by atoms with Crippen LogP contribution in [0, 0.1) is 13.8 Å². The Morgan fingerprint density at radius 1 is 1.35 bits per heavy atom. The van der Waals surface area contributed by atoms with Gasteiger partial charge in [0.15, 0.2) is 0 Å². The van der Waals surface area contributed by atoms with Crippen molar-refractivity contribution in [2.45, 2.75) is 20.3 Å². The van der Waals surface area contributed by atoms with Crippen molar-refractivity contribution in [2.75, 3.05) is 7.11 Å². The van der Waals surface area contributed by atoms with Gasteiger partial charge in [0, 0.05) is 11.3 Å². The van der Waals surface area contributed by atoms with Crippen molar-refractivity contribution in [3.05, 3.63) is 22.2 Å². The number of hydrogen-bond donors (Lipinski definition) is 1. The maximum Gasteiger partial charge on any atom is 0.322 e. The van der Waals surface area contributed by atoms with Gasteiger partial charge in [0.25, 0.3) is 5.95 Å². The van der Waals surface area contributed by atoms with Crippen LogP contribution in [0.15, 0.2) is 0 Å². The standard InChI is InChI=1S/C11H12ClN5O3/c1-5-7(4-8(18)19)6(2)17(16-5)10-13-9(12)14-11(15-10)20-3/h4H2,1-3H3,(H,18,19). The minimum atomic E-state index is -0.929. The van der Waals surface area contributed by atoms with Crippen LogP contribution in [0.3, 0.4) is 0 Å². The number of nitrogens with zero attached hydrogens (tertiary/aromatic N) is 5. The Kier molecular flexibility index (Phi) is 3.84. The molecule has 0 fully saturated rings. The fourth-order valence-electron chi connectivity index (χ4n) is 1.78. The average Bonchev–Trinajstić information content (AvgIpc) is 2.65. The van der Waals surface area contributed by atoms with Gasteiger partial charge in [-0.05, 0) is 25.4 Å². The number of halogens is 1. The molecular formula is C11H12ClN5O3. The zero-order chi connectivity index (χ0) is 14.9. The lowest BCUT2D eigenvalue weighted by Crippen LogP contribution is -2.08. The van der Waals surface area contributed by atoms with E-state index in [2.05, 4.69) is 20.1 Å². The fourth-order valence-corrected chi connectivity index (χ4v) is 1.93. The molecule has 106 valence electrons. The number of carboxylic acids is 1. The summed E-state index contributed by atoms with van der Waals surface area (Å²) in [4.78, 5) is 22.6. The van der Waals surface area contributed by atoms with Gasteiger partial charge >= 0.3 is 12.0 Å². The first-order valence-corrected chi connectivity index (χ1v) is 6.03. The number of carboxylic acid groups (broad SMARTS) is 1. The Hall–Kier alpha value is -2.22. The van der Waals surface area contributed by atoms with Crippen LogP contribution >= 0.6 is 11.6 Å². The summed E-state index contributed by atoms with van der Waals surface area (Å²) in [6, 6.07) is 0.0623. The van der Waals surface area contributed by atoms with Crippen LogP contribution in [0.1, 0.15) is 17.0 Å². The van der Waals surface area contributed by atoms with E-state index >= 15 is 0 Å². The van der Waals surface area contributed by atoms with Gasteiger partial charge in [-0.15, -0.1) is 0 Å². The molecule has 0 aliphatic carbocycles. The van der Waals surface area contributed by atoms with Crippen LogP contribution in [0.5, 0.6) is 6.01 Å². The lowest BCUT2D eigenvalue weighted by atomic mass is 10.1. The van der Waals surface area contributed by atoms with Crippen molar-refractivity contribution >= 4 is 17.6 Å². The van der Waals surface area contributed by atoms with E-state index in [1.54, 1.807) is 13.8 Å². The van der Waals surface area contributed by atoms with Gasteiger partial charge in [-0.25, -0.2) is 4.68 Å². The number of aromatic nitrogens is 5. The second kappa shape index (κ2) is 5.41. The number of hydrogen-bond acceptors (Lipinski definition) is 6. The summed E-state index contributed by atoms with van der Waals surface area (Å²) in [7, 11) is 1.41. The molecule has 0 aromatic carbocycles. The lowest BCUT2D eigenvalue weighted by molar-refractivity contribution is -0.136. The summed E-state index contributed by atoms with van der Waals surface area (Å²) in [5.41, 5.74) is 1.85. The first kappa shape index (κ1) is 14.2.